The minimum absolute atomic E-state index is 0.0726. The van der Waals surface area contributed by atoms with Crippen LogP contribution in [0.15, 0.2) is 0 Å². The highest BCUT2D eigenvalue weighted by Crippen LogP contribution is 2.45. The zero-order chi connectivity index (χ0) is 10.8. The molecule has 1 rings (SSSR count). The molecule has 1 aliphatic carbocycles. The largest absolute Gasteiger partial charge is 0.469 e. The lowest BCUT2D eigenvalue weighted by atomic mass is 9.65. The van der Waals surface area contributed by atoms with Crippen LogP contribution in [0.4, 0.5) is 0 Å². The predicted molar refractivity (Wildman–Crippen MR) is 55.8 cm³/mol. The number of methoxy groups -OCH3 is 1. The molecular weight excluding hydrogens is 178 g/mol. The first kappa shape index (κ1) is 11.5. The number of esters is 1. The van der Waals surface area contributed by atoms with Crippen molar-refractivity contribution >= 4 is 5.97 Å². The average Bonchev–Trinajstić information content (AvgIpc) is 2.22. The maximum atomic E-state index is 11.5. The summed E-state index contributed by atoms with van der Waals surface area (Å²) in [5.74, 6) is -0.0726. The Bertz CT molecular complexity index is 217. The van der Waals surface area contributed by atoms with Crippen molar-refractivity contribution in [2.24, 2.45) is 16.6 Å². The van der Waals surface area contributed by atoms with E-state index in [2.05, 4.69) is 6.92 Å². The van der Waals surface area contributed by atoms with E-state index in [9.17, 15) is 4.79 Å². The van der Waals surface area contributed by atoms with Gasteiger partial charge in [-0.2, -0.15) is 0 Å². The maximum Gasteiger partial charge on any atom is 0.311 e. The molecule has 1 aliphatic rings. The van der Waals surface area contributed by atoms with Crippen molar-refractivity contribution in [3.63, 3.8) is 0 Å². The molecular formula is C11H21NO2. The summed E-state index contributed by atoms with van der Waals surface area (Å²) in [6, 6.07) is 0. The fraction of sp³-hybridized carbons (Fsp3) is 0.909. The van der Waals surface area contributed by atoms with Gasteiger partial charge in [0.1, 0.15) is 0 Å². The van der Waals surface area contributed by atoms with E-state index in [0.29, 0.717) is 6.54 Å². The SMILES string of the molecule is COC(=O)[C@]1(C)CC[C@](C)(CN)CC1. The molecule has 0 saturated heterocycles. The van der Waals surface area contributed by atoms with Crippen molar-refractivity contribution in [3.05, 3.63) is 0 Å². The number of carbonyl (C=O) groups excluding carboxylic acids is 1. The summed E-state index contributed by atoms with van der Waals surface area (Å²) in [5.41, 5.74) is 5.67. The Labute approximate surface area is 86.0 Å². The lowest BCUT2D eigenvalue weighted by Gasteiger charge is -2.40. The van der Waals surface area contributed by atoms with E-state index in [-0.39, 0.29) is 16.8 Å². The van der Waals surface area contributed by atoms with Crippen molar-refractivity contribution in [2.75, 3.05) is 13.7 Å². The molecule has 1 fully saturated rings. The molecule has 0 amide bonds. The van der Waals surface area contributed by atoms with Crippen LogP contribution < -0.4 is 5.73 Å². The molecule has 14 heavy (non-hydrogen) atoms. The summed E-state index contributed by atoms with van der Waals surface area (Å²) < 4.78 is 4.82. The molecule has 2 N–H and O–H groups in total. The van der Waals surface area contributed by atoms with Gasteiger partial charge < -0.3 is 10.5 Å². The number of carbonyl (C=O) groups is 1. The third-order valence-electron chi connectivity index (χ3n) is 3.73. The first-order valence-electron chi connectivity index (χ1n) is 5.24. The second-order valence-corrected chi connectivity index (χ2v) is 5.07. The standard InChI is InChI=1S/C11H21NO2/c1-10(8-12)4-6-11(2,7-5-10)9(13)14-3/h4-8,12H2,1-3H3/t10-,11+. The quantitative estimate of drug-likeness (QED) is 0.689. The van der Waals surface area contributed by atoms with E-state index in [1.807, 2.05) is 6.92 Å². The van der Waals surface area contributed by atoms with Gasteiger partial charge in [-0.15, -0.1) is 0 Å². The molecule has 0 radical (unpaired) electrons. The topological polar surface area (TPSA) is 52.3 Å². The van der Waals surface area contributed by atoms with Gasteiger partial charge >= 0.3 is 5.97 Å². The van der Waals surface area contributed by atoms with Gasteiger partial charge in [-0.25, -0.2) is 0 Å². The highest BCUT2D eigenvalue weighted by atomic mass is 16.5. The summed E-state index contributed by atoms with van der Waals surface area (Å²) in [6.07, 6.45) is 3.84. The van der Waals surface area contributed by atoms with Crippen LogP contribution in [0.1, 0.15) is 39.5 Å². The van der Waals surface area contributed by atoms with Crippen LogP contribution in [0.5, 0.6) is 0 Å². The molecule has 0 aromatic heterocycles. The number of rotatable bonds is 2. The molecule has 0 atom stereocenters. The van der Waals surface area contributed by atoms with Gasteiger partial charge in [0.05, 0.1) is 12.5 Å². The molecule has 0 bridgehead atoms. The summed E-state index contributed by atoms with van der Waals surface area (Å²) in [7, 11) is 1.46. The van der Waals surface area contributed by atoms with Crippen molar-refractivity contribution in [2.45, 2.75) is 39.5 Å². The normalized spacial score (nSPS) is 38.0. The van der Waals surface area contributed by atoms with Gasteiger partial charge in [0.15, 0.2) is 0 Å². The fourth-order valence-corrected chi connectivity index (χ4v) is 2.06. The lowest BCUT2D eigenvalue weighted by Crippen LogP contribution is -2.40. The van der Waals surface area contributed by atoms with Gasteiger partial charge in [0.2, 0.25) is 0 Å². The highest BCUT2D eigenvalue weighted by molar-refractivity contribution is 5.76. The Morgan fingerprint density at radius 1 is 1.29 bits per heavy atom. The van der Waals surface area contributed by atoms with Crippen LogP contribution in [0.2, 0.25) is 0 Å². The number of ether oxygens (including phenoxy) is 1. The number of nitrogens with two attached hydrogens (primary N) is 1. The van der Waals surface area contributed by atoms with Crippen LogP contribution in [-0.2, 0) is 9.53 Å². The van der Waals surface area contributed by atoms with Crippen LogP contribution in [-0.4, -0.2) is 19.6 Å². The maximum absolute atomic E-state index is 11.5. The van der Waals surface area contributed by atoms with E-state index in [1.54, 1.807) is 0 Å². The second kappa shape index (κ2) is 3.89. The van der Waals surface area contributed by atoms with E-state index in [0.717, 1.165) is 25.7 Å². The van der Waals surface area contributed by atoms with E-state index >= 15 is 0 Å². The zero-order valence-electron chi connectivity index (χ0n) is 9.43. The Kier molecular flexibility index (Phi) is 3.20. The first-order valence-corrected chi connectivity index (χ1v) is 5.24. The smallest absolute Gasteiger partial charge is 0.311 e. The van der Waals surface area contributed by atoms with Gasteiger partial charge in [-0.1, -0.05) is 6.92 Å². The molecule has 0 spiro atoms. The van der Waals surface area contributed by atoms with Gasteiger partial charge in [0, 0.05) is 0 Å². The second-order valence-electron chi connectivity index (χ2n) is 5.07. The minimum atomic E-state index is -0.274. The predicted octanol–water partition coefficient (Wildman–Crippen LogP) is 1.70. The van der Waals surface area contributed by atoms with Gasteiger partial charge in [-0.05, 0) is 44.6 Å². The summed E-state index contributed by atoms with van der Waals surface area (Å²) in [5, 5.41) is 0. The Morgan fingerprint density at radius 2 is 1.79 bits per heavy atom. The van der Waals surface area contributed by atoms with Gasteiger partial charge in [0.25, 0.3) is 0 Å². The average molecular weight is 199 g/mol. The van der Waals surface area contributed by atoms with Crippen molar-refractivity contribution in [3.8, 4) is 0 Å². The molecule has 0 aliphatic heterocycles. The molecule has 3 nitrogen and oxygen atoms in total. The summed E-state index contributed by atoms with van der Waals surface area (Å²) in [6.45, 7) is 4.91. The first-order chi connectivity index (χ1) is 6.46. The molecule has 3 heteroatoms. The molecule has 1 saturated carbocycles. The van der Waals surface area contributed by atoms with Crippen LogP contribution in [0, 0.1) is 10.8 Å². The van der Waals surface area contributed by atoms with Crippen LogP contribution in [0.3, 0.4) is 0 Å². The number of hydrogen-bond donors (Lipinski definition) is 1. The third kappa shape index (κ3) is 2.08. The fourth-order valence-electron chi connectivity index (χ4n) is 2.06. The number of hydrogen-bond acceptors (Lipinski definition) is 3. The molecule has 0 unspecified atom stereocenters. The molecule has 0 aromatic carbocycles. The Morgan fingerprint density at radius 3 is 2.14 bits per heavy atom. The molecule has 82 valence electrons. The lowest BCUT2D eigenvalue weighted by molar-refractivity contribution is -0.155. The van der Waals surface area contributed by atoms with Crippen molar-refractivity contribution in [1.82, 2.24) is 0 Å². The van der Waals surface area contributed by atoms with Crippen LogP contribution in [0.25, 0.3) is 0 Å². The Balaban J connectivity index is 2.61. The van der Waals surface area contributed by atoms with Gasteiger partial charge in [-0.3, -0.25) is 4.79 Å². The summed E-state index contributed by atoms with van der Waals surface area (Å²) >= 11 is 0. The van der Waals surface area contributed by atoms with Crippen molar-refractivity contribution in [1.29, 1.82) is 0 Å². The van der Waals surface area contributed by atoms with Crippen LogP contribution >= 0.6 is 0 Å². The zero-order valence-corrected chi connectivity index (χ0v) is 9.43. The van der Waals surface area contributed by atoms with E-state index in [4.69, 9.17) is 10.5 Å². The van der Waals surface area contributed by atoms with Crippen molar-refractivity contribution < 1.29 is 9.53 Å². The van der Waals surface area contributed by atoms with E-state index < -0.39 is 0 Å². The minimum Gasteiger partial charge on any atom is -0.469 e. The summed E-state index contributed by atoms with van der Waals surface area (Å²) in [4.78, 5) is 11.5. The highest BCUT2D eigenvalue weighted by Gasteiger charge is 2.42. The van der Waals surface area contributed by atoms with E-state index in [1.165, 1.54) is 7.11 Å². The Hall–Kier alpha value is -0.570. The molecule has 0 heterocycles. The monoisotopic (exact) mass is 199 g/mol. The third-order valence-corrected chi connectivity index (χ3v) is 3.73. The molecule has 0 aromatic rings.